The van der Waals surface area contributed by atoms with E-state index in [-0.39, 0.29) is 17.1 Å². The summed E-state index contributed by atoms with van der Waals surface area (Å²) in [5, 5.41) is 6.24. The highest BCUT2D eigenvalue weighted by molar-refractivity contribution is 5.82. The van der Waals surface area contributed by atoms with Gasteiger partial charge in [0.15, 0.2) is 0 Å². The number of carbonyl (C=O) groups excluding carboxylic acids is 2. The van der Waals surface area contributed by atoms with Crippen molar-refractivity contribution >= 4 is 12.3 Å². The van der Waals surface area contributed by atoms with Gasteiger partial charge in [0.2, 0.25) is 12.3 Å². The molecule has 1 unspecified atom stereocenters. The standard InChI is InChI=1S/C24H33FN4O2/c1-17(11-19-5-7-20(25)8-6-19)12-21-23(27-16-30)24(3,4)15-29(21)22(31)14-28-10-9-26-18(2)13-28/h5-8,12,16,18,26H,9-11,13-15H2,1-4H3,(H,27,30)/b17-12+. The molecule has 31 heavy (non-hydrogen) atoms. The second kappa shape index (κ2) is 9.75. The molecule has 0 spiro atoms. The van der Waals surface area contributed by atoms with Crippen molar-refractivity contribution in [1.82, 2.24) is 20.4 Å². The first-order chi connectivity index (χ1) is 14.7. The molecule has 6 nitrogen and oxygen atoms in total. The first kappa shape index (κ1) is 23.2. The molecular weight excluding hydrogens is 395 g/mol. The van der Waals surface area contributed by atoms with Crippen LogP contribution in [0.15, 0.2) is 47.3 Å². The Labute approximate surface area is 184 Å². The predicted molar refractivity (Wildman–Crippen MR) is 119 cm³/mol. The molecule has 1 fully saturated rings. The molecule has 0 aromatic heterocycles. The fourth-order valence-corrected chi connectivity index (χ4v) is 4.38. The molecule has 7 heteroatoms. The highest BCUT2D eigenvalue weighted by Crippen LogP contribution is 2.38. The van der Waals surface area contributed by atoms with Crippen molar-refractivity contribution in [3.05, 3.63) is 58.7 Å². The summed E-state index contributed by atoms with van der Waals surface area (Å²) in [6, 6.07) is 6.78. The van der Waals surface area contributed by atoms with Crippen LogP contribution in [0.3, 0.4) is 0 Å². The summed E-state index contributed by atoms with van der Waals surface area (Å²) >= 11 is 0. The van der Waals surface area contributed by atoms with Crippen LogP contribution in [0.25, 0.3) is 0 Å². The Morgan fingerprint density at radius 2 is 2.03 bits per heavy atom. The van der Waals surface area contributed by atoms with E-state index in [1.54, 1.807) is 17.0 Å². The third-order valence-corrected chi connectivity index (χ3v) is 5.87. The minimum Gasteiger partial charge on any atom is -0.330 e. The molecule has 0 aliphatic carbocycles. The number of rotatable bonds is 7. The van der Waals surface area contributed by atoms with Gasteiger partial charge >= 0.3 is 0 Å². The summed E-state index contributed by atoms with van der Waals surface area (Å²) in [4.78, 5) is 28.6. The molecule has 1 aromatic rings. The van der Waals surface area contributed by atoms with Gasteiger partial charge in [-0.2, -0.15) is 0 Å². The Balaban J connectivity index is 1.84. The van der Waals surface area contributed by atoms with Crippen LogP contribution in [0.2, 0.25) is 0 Å². The van der Waals surface area contributed by atoms with Crippen LogP contribution in [0.5, 0.6) is 0 Å². The summed E-state index contributed by atoms with van der Waals surface area (Å²) in [6.45, 7) is 11.6. The number of hydrogen-bond donors (Lipinski definition) is 2. The Bertz CT molecular complexity index is 876. The maximum Gasteiger partial charge on any atom is 0.241 e. The van der Waals surface area contributed by atoms with Gasteiger partial charge in [-0.1, -0.05) is 31.6 Å². The molecule has 2 aliphatic heterocycles. The molecule has 0 radical (unpaired) electrons. The third kappa shape index (κ3) is 5.80. The molecule has 3 rings (SSSR count). The number of nitrogens with one attached hydrogen (secondary N) is 2. The molecule has 2 heterocycles. The Hall–Kier alpha value is -2.51. The van der Waals surface area contributed by atoms with Gasteiger partial charge in [0.1, 0.15) is 5.82 Å². The number of benzene rings is 1. The van der Waals surface area contributed by atoms with E-state index in [0.29, 0.717) is 32.0 Å². The first-order valence-electron chi connectivity index (χ1n) is 10.8. The van der Waals surface area contributed by atoms with Crippen molar-refractivity contribution in [1.29, 1.82) is 0 Å². The second-order valence-electron chi connectivity index (χ2n) is 9.27. The number of nitrogens with zero attached hydrogens (tertiary/aromatic N) is 2. The zero-order valence-corrected chi connectivity index (χ0v) is 18.9. The normalized spacial score (nSPS) is 22.0. The summed E-state index contributed by atoms with van der Waals surface area (Å²) in [7, 11) is 0. The van der Waals surface area contributed by atoms with E-state index in [0.717, 1.165) is 42.2 Å². The van der Waals surface area contributed by atoms with Gasteiger partial charge in [0, 0.05) is 43.3 Å². The fourth-order valence-electron chi connectivity index (χ4n) is 4.38. The molecule has 0 saturated carbocycles. The molecule has 2 aliphatic rings. The van der Waals surface area contributed by atoms with E-state index in [1.807, 2.05) is 26.8 Å². The average Bonchev–Trinajstić information content (AvgIpc) is 2.95. The van der Waals surface area contributed by atoms with Gasteiger partial charge in [-0.05, 0) is 44.0 Å². The van der Waals surface area contributed by atoms with Gasteiger partial charge in [-0.25, -0.2) is 4.39 Å². The number of hydrogen-bond acceptors (Lipinski definition) is 4. The minimum absolute atomic E-state index is 0.0331. The van der Waals surface area contributed by atoms with Gasteiger partial charge in [0.05, 0.1) is 12.2 Å². The molecule has 2 amide bonds. The van der Waals surface area contributed by atoms with Crippen molar-refractivity contribution in [2.75, 3.05) is 32.7 Å². The molecule has 0 bridgehead atoms. The van der Waals surface area contributed by atoms with E-state index in [1.165, 1.54) is 12.1 Å². The maximum absolute atomic E-state index is 13.3. The van der Waals surface area contributed by atoms with Crippen molar-refractivity contribution in [2.24, 2.45) is 5.41 Å². The van der Waals surface area contributed by atoms with Gasteiger partial charge in [-0.3, -0.25) is 14.5 Å². The van der Waals surface area contributed by atoms with Crippen LogP contribution in [0, 0.1) is 11.2 Å². The first-order valence-corrected chi connectivity index (χ1v) is 10.8. The second-order valence-corrected chi connectivity index (χ2v) is 9.27. The average molecular weight is 429 g/mol. The van der Waals surface area contributed by atoms with Crippen molar-refractivity contribution < 1.29 is 14.0 Å². The van der Waals surface area contributed by atoms with E-state index in [4.69, 9.17) is 0 Å². The van der Waals surface area contributed by atoms with E-state index in [2.05, 4.69) is 22.5 Å². The minimum atomic E-state index is -0.366. The molecular formula is C24H33FN4O2. The summed E-state index contributed by atoms with van der Waals surface area (Å²) in [5.41, 5.74) is 3.14. The lowest BCUT2D eigenvalue weighted by Crippen LogP contribution is -2.52. The number of carbonyl (C=O) groups is 2. The van der Waals surface area contributed by atoms with Crippen LogP contribution in [0.4, 0.5) is 4.39 Å². The van der Waals surface area contributed by atoms with Crippen LogP contribution in [-0.2, 0) is 16.0 Å². The maximum atomic E-state index is 13.3. The summed E-state index contributed by atoms with van der Waals surface area (Å²) in [5.74, 6) is -0.229. The Morgan fingerprint density at radius 3 is 2.68 bits per heavy atom. The van der Waals surface area contributed by atoms with E-state index in [9.17, 15) is 14.0 Å². The molecule has 1 atom stereocenters. The van der Waals surface area contributed by atoms with Crippen LogP contribution in [-0.4, -0.2) is 60.9 Å². The lowest BCUT2D eigenvalue weighted by molar-refractivity contribution is -0.130. The quantitative estimate of drug-likeness (QED) is 0.655. The lowest BCUT2D eigenvalue weighted by Gasteiger charge is -2.33. The van der Waals surface area contributed by atoms with Crippen LogP contribution < -0.4 is 10.6 Å². The number of amides is 2. The highest BCUT2D eigenvalue weighted by Gasteiger charge is 2.40. The van der Waals surface area contributed by atoms with Gasteiger partial charge in [0.25, 0.3) is 0 Å². The summed E-state index contributed by atoms with van der Waals surface area (Å²) < 4.78 is 13.2. The zero-order chi connectivity index (χ0) is 22.6. The largest absolute Gasteiger partial charge is 0.330 e. The fraction of sp³-hybridized carbons (Fsp3) is 0.500. The molecule has 1 aromatic carbocycles. The lowest BCUT2D eigenvalue weighted by atomic mass is 9.91. The molecule has 2 N–H and O–H groups in total. The summed E-state index contributed by atoms with van der Waals surface area (Å²) in [6.07, 6.45) is 3.28. The van der Waals surface area contributed by atoms with Crippen molar-refractivity contribution in [2.45, 2.75) is 40.2 Å². The van der Waals surface area contributed by atoms with E-state index >= 15 is 0 Å². The van der Waals surface area contributed by atoms with Gasteiger partial charge in [-0.15, -0.1) is 0 Å². The monoisotopic (exact) mass is 428 g/mol. The topological polar surface area (TPSA) is 64.7 Å². The molecule has 1 saturated heterocycles. The smallest absolute Gasteiger partial charge is 0.241 e. The van der Waals surface area contributed by atoms with Crippen LogP contribution in [0.1, 0.15) is 33.3 Å². The Morgan fingerprint density at radius 1 is 1.32 bits per heavy atom. The molecule has 168 valence electrons. The number of piperazine rings is 1. The van der Waals surface area contributed by atoms with Crippen molar-refractivity contribution in [3.63, 3.8) is 0 Å². The predicted octanol–water partition coefficient (Wildman–Crippen LogP) is 2.43. The van der Waals surface area contributed by atoms with Crippen molar-refractivity contribution in [3.8, 4) is 0 Å². The van der Waals surface area contributed by atoms with E-state index < -0.39 is 0 Å². The SMILES string of the molecule is C/C(=C\C1=C(NC=O)C(C)(C)CN1C(=O)CN1CCNC(C)C1)Cc1ccc(F)cc1. The third-order valence-electron chi connectivity index (χ3n) is 5.87. The van der Waals surface area contributed by atoms with Gasteiger partial charge < -0.3 is 15.5 Å². The highest BCUT2D eigenvalue weighted by atomic mass is 19.1. The van der Waals surface area contributed by atoms with Crippen LogP contribution >= 0.6 is 0 Å². The zero-order valence-electron chi connectivity index (χ0n) is 18.9. The number of allylic oxidation sites excluding steroid dienone is 2. The number of halogens is 1. The Kier molecular flexibility index (Phi) is 7.28.